The van der Waals surface area contributed by atoms with E-state index in [9.17, 15) is 18.4 Å². The molecule has 5 nitrogen and oxygen atoms in total. The fraction of sp³-hybridized carbons (Fsp3) is 0.0714. The molecule has 8 heteroatoms. The van der Waals surface area contributed by atoms with E-state index < -0.39 is 17.5 Å². The predicted molar refractivity (Wildman–Crippen MR) is 79.2 cm³/mol. The summed E-state index contributed by atoms with van der Waals surface area (Å²) in [6.07, 6.45) is 1.47. The number of nitrogens with zero attached hydrogens (tertiary/aromatic N) is 2. The Kier molecular flexibility index (Phi) is 3.45. The van der Waals surface area contributed by atoms with Crippen molar-refractivity contribution < 1.29 is 13.6 Å². The zero-order chi connectivity index (χ0) is 15.9. The van der Waals surface area contributed by atoms with E-state index in [1.165, 1.54) is 22.9 Å². The molecule has 1 amide bonds. The Bertz CT molecular complexity index is 910. The molecule has 0 saturated heterocycles. The van der Waals surface area contributed by atoms with Gasteiger partial charge < -0.3 is 4.57 Å². The van der Waals surface area contributed by atoms with Crippen molar-refractivity contribution >= 4 is 32.6 Å². The number of aryl methyl sites for hydroxylation is 1. The van der Waals surface area contributed by atoms with Gasteiger partial charge in [-0.25, -0.2) is 13.8 Å². The molecule has 0 aliphatic heterocycles. The lowest BCUT2D eigenvalue weighted by atomic mass is 10.2. The van der Waals surface area contributed by atoms with Gasteiger partial charge in [-0.05, 0) is 12.1 Å². The van der Waals surface area contributed by atoms with Gasteiger partial charge in [0.1, 0.15) is 0 Å². The van der Waals surface area contributed by atoms with E-state index in [1.807, 2.05) is 0 Å². The molecule has 22 heavy (non-hydrogen) atoms. The number of rotatable bonds is 2. The van der Waals surface area contributed by atoms with Crippen molar-refractivity contribution in [2.75, 3.05) is 5.32 Å². The highest BCUT2D eigenvalue weighted by molar-refractivity contribution is 7.22. The molecule has 112 valence electrons. The molecule has 0 unspecified atom stereocenters. The second-order valence-corrected chi connectivity index (χ2v) is 5.60. The maximum absolute atomic E-state index is 13.1. The summed E-state index contributed by atoms with van der Waals surface area (Å²) in [5.41, 5.74) is 0.115. The van der Waals surface area contributed by atoms with Crippen molar-refractivity contribution in [1.29, 1.82) is 0 Å². The summed E-state index contributed by atoms with van der Waals surface area (Å²) in [6.45, 7) is 0. The number of carbonyl (C=O) groups is 1. The molecular weight excluding hydrogens is 312 g/mol. The van der Waals surface area contributed by atoms with E-state index in [0.29, 0.717) is 4.70 Å². The van der Waals surface area contributed by atoms with Crippen LogP contribution < -0.4 is 10.9 Å². The number of carbonyl (C=O) groups excluding carboxylic acids is 1. The zero-order valence-electron chi connectivity index (χ0n) is 11.3. The first-order valence-electron chi connectivity index (χ1n) is 6.17. The summed E-state index contributed by atoms with van der Waals surface area (Å²) in [5.74, 6) is -2.49. The lowest BCUT2D eigenvalue weighted by Crippen LogP contribution is -2.19. The van der Waals surface area contributed by atoms with Crippen molar-refractivity contribution in [3.05, 3.63) is 58.0 Å². The zero-order valence-corrected chi connectivity index (χ0v) is 12.1. The number of hydrogen-bond acceptors (Lipinski definition) is 4. The van der Waals surface area contributed by atoms with Gasteiger partial charge in [-0.3, -0.25) is 14.9 Å². The van der Waals surface area contributed by atoms with Gasteiger partial charge in [0.05, 0.1) is 10.2 Å². The fourth-order valence-electron chi connectivity index (χ4n) is 1.84. The van der Waals surface area contributed by atoms with Crippen LogP contribution in [-0.2, 0) is 7.05 Å². The third-order valence-corrected chi connectivity index (χ3v) is 3.95. The number of fused-ring (bicyclic) bond motifs is 1. The maximum atomic E-state index is 13.1. The number of pyridine rings is 1. The minimum atomic E-state index is -0.998. The van der Waals surface area contributed by atoms with Crippen LogP contribution in [0.4, 0.5) is 13.9 Å². The van der Waals surface area contributed by atoms with E-state index in [0.717, 1.165) is 23.5 Å². The normalized spacial score (nSPS) is 10.9. The molecule has 1 N–H and O–H groups in total. The van der Waals surface area contributed by atoms with Crippen LogP contribution in [0.5, 0.6) is 0 Å². The lowest BCUT2D eigenvalue weighted by molar-refractivity contribution is 0.102. The second kappa shape index (κ2) is 5.30. The van der Waals surface area contributed by atoms with E-state index >= 15 is 0 Å². The van der Waals surface area contributed by atoms with Crippen LogP contribution in [0.15, 0.2) is 35.3 Å². The molecule has 3 rings (SSSR count). The molecule has 3 aromatic rings. The molecule has 1 aromatic carbocycles. The summed E-state index contributed by atoms with van der Waals surface area (Å²) < 4.78 is 28.0. The Hall–Kier alpha value is -2.61. The van der Waals surface area contributed by atoms with Crippen LogP contribution >= 0.6 is 11.3 Å². The van der Waals surface area contributed by atoms with Gasteiger partial charge in [-0.15, -0.1) is 0 Å². The Balaban J connectivity index is 1.90. The lowest BCUT2D eigenvalue weighted by Gasteiger charge is -2.02. The molecule has 0 fully saturated rings. The van der Waals surface area contributed by atoms with Crippen molar-refractivity contribution in [2.24, 2.45) is 7.05 Å². The number of thiazole rings is 1. The van der Waals surface area contributed by atoms with Gasteiger partial charge in [0, 0.05) is 30.9 Å². The molecule has 2 heterocycles. The van der Waals surface area contributed by atoms with Gasteiger partial charge >= 0.3 is 0 Å². The highest BCUT2D eigenvalue weighted by Crippen LogP contribution is 2.28. The summed E-state index contributed by atoms with van der Waals surface area (Å²) in [7, 11) is 1.57. The maximum Gasteiger partial charge on any atom is 0.257 e. The summed E-state index contributed by atoms with van der Waals surface area (Å²) in [5, 5.41) is 2.71. The summed E-state index contributed by atoms with van der Waals surface area (Å²) >= 11 is 1.02. The van der Waals surface area contributed by atoms with E-state index in [2.05, 4.69) is 10.3 Å². The van der Waals surface area contributed by atoms with Crippen molar-refractivity contribution in [1.82, 2.24) is 9.55 Å². The standard InChI is InChI=1S/C14H9F2N3O2S/c1-19-3-2-7(4-12(19)20)13(21)18-14-17-10-5-8(15)9(16)6-11(10)22-14/h2-6H,1H3,(H,17,18,21). The predicted octanol–water partition coefficient (Wildman–Crippen LogP) is 2.53. The average Bonchev–Trinajstić information content (AvgIpc) is 2.83. The number of amides is 1. The third kappa shape index (κ3) is 2.60. The number of aromatic nitrogens is 2. The smallest absolute Gasteiger partial charge is 0.257 e. The van der Waals surface area contributed by atoms with Crippen LogP contribution in [0.25, 0.3) is 10.2 Å². The SMILES string of the molecule is Cn1ccc(C(=O)Nc2nc3cc(F)c(F)cc3s2)cc1=O. The fourth-order valence-corrected chi connectivity index (χ4v) is 2.70. The quantitative estimate of drug-likeness (QED) is 0.789. The monoisotopic (exact) mass is 321 g/mol. The van der Waals surface area contributed by atoms with E-state index in [1.54, 1.807) is 7.05 Å². The molecule has 0 aliphatic rings. The molecule has 2 aromatic heterocycles. The van der Waals surface area contributed by atoms with Crippen molar-refractivity contribution in [2.45, 2.75) is 0 Å². The minimum absolute atomic E-state index is 0.180. The first kappa shape index (κ1) is 14.3. The minimum Gasteiger partial charge on any atom is -0.319 e. The molecule has 0 aliphatic carbocycles. The second-order valence-electron chi connectivity index (χ2n) is 4.57. The van der Waals surface area contributed by atoms with Gasteiger partial charge in [0.15, 0.2) is 16.8 Å². The number of benzene rings is 1. The van der Waals surface area contributed by atoms with Crippen LogP contribution in [0.1, 0.15) is 10.4 Å². The summed E-state index contributed by atoms with van der Waals surface area (Å²) in [6, 6.07) is 4.68. The van der Waals surface area contributed by atoms with Crippen LogP contribution in [0.2, 0.25) is 0 Å². The third-order valence-electron chi connectivity index (χ3n) is 3.02. The Morgan fingerprint density at radius 1 is 1.27 bits per heavy atom. The number of anilines is 1. The van der Waals surface area contributed by atoms with Gasteiger partial charge in [-0.1, -0.05) is 11.3 Å². The Morgan fingerprint density at radius 2 is 2.00 bits per heavy atom. The first-order valence-corrected chi connectivity index (χ1v) is 6.99. The molecule has 0 bridgehead atoms. The number of hydrogen-bond donors (Lipinski definition) is 1. The topological polar surface area (TPSA) is 64.0 Å². The summed E-state index contributed by atoms with van der Waals surface area (Å²) in [4.78, 5) is 27.6. The van der Waals surface area contributed by atoms with Crippen molar-refractivity contribution in [3.63, 3.8) is 0 Å². The molecule has 0 spiro atoms. The molecular formula is C14H9F2N3O2S. The van der Waals surface area contributed by atoms with Crippen molar-refractivity contribution in [3.8, 4) is 0 Å². The molecule has 0 saturated carbocycles. The number of halogens is 2. The molecule has 0 atom stereocenters. The molecule has 0 radical (unpaired) electrons. The van der Waals surface area contributed by atoms with Crippen LogP contribution in [-0.4, -0.2) is 15.5 Å². The number of nitrogens with one attached hydrogen (secondary N) is 1. The highest BCUT2D eigenvalue weighted by Gasteiger charge is 2.13. The van der Waals surface area contributed by atoms with E-state index in [4.69, 9.17) is 0 Å². The van der Waals surface area contributed by atoms with Crippen LogP contribution in [0.3, 0.4) is 0 Å². The van der Waals surface area contributed by atoms with E-state index in [-0.39, 0.29) is 21.8 Å². The average molecular weight is 321 g/mol. The highest BCUT2D eigenvalue weighted by atomic mass is 32.1. The van der Waals surface area contributed by atoms with Gasteiger partial charge in [0.25, 0.3) is 11.5 Å². The van der Waals surface area contributed by atoms with Gasteiger partial charge in [0.2, 0.25) is 0 Å². The van der Waals surface area contributed by atoms with Crippen LogP contribution in [0, 0.1) is 11.6 Å². The largest absolute Gasteiger partial charge is 0.319 e. The van der Waals surface area contributed by atoms with Gasteiger partial charge in [-0.2, -0.15) is 0 Å². The Labute approximate surface area is 126 Å². The first-order chi connectivity index (χ1) is 10.4. The Morgan fingerprint density at radius 3 is 2.73 bits per heavy atom.